The van der Waals surface area contributed by atoms with Gasteiger partial charge in [-0.1, -0.05) is 55.7 Å². The lowest BCUT2D eigenvalue weighted by Gasteiger charge is -2.27. The first kappa shape index (κ1) is 24.9. The van der Waals surface area contributed by atoms with Crippen molar-refractivity contribution in [3.05, 3.63) is 107 Å². The topological polar surface area (TPSA) is 141 Å². The molecule has 0 radical (unpaired) electrons. The van der Waals surface area contributed by atoms with Gasteiger partial charge in [-0.2, -0.15) is 5.10 Å². The molecule has 1 saturated carbocycles. The van der Waals surface area contributed by atoms with Crippen molar-refractivity contribution >= 4 is 18.1 Å². The Hall–Kier alpha value is -4.73. The number of nitrogens with one attached hydrogen (secondary N) is 2. The van der Waals surface area contributed by atoms with Gasteiger partial charge >= 0.3 is 5.69 Å². The van der Waals surface area contributed by atoms with Crippen molar-refractivity contribution in [1.29, 1.82) is 0 Å². The van der Waals surface area contributed by atoms with Gasteiger partial charge < -0.3 is 10.1 Å². The molecule has 3 N–H and O–H groups in total. The number of para-hydroxylation sites is 1. The fraction of sp³-hybridized carbons (Fsp3) is 0.250. The summed E-state index contributed by atoms with van der Waals surface area (Å²) in [6, 6.07) is 8.50. The number of aromatic nitrogens is 3. The molecule has 5 rings (SSSR count). The number of rotatable bonds is 5. The van der Waals surface area contributed by atoms with Crippen LogP contribution in [0.2, 0.25) is 0 Å². The average molecular weight is 514 g/mol. The van der Waals surface area contributed by atoms with Gasteiger partial charge in [-0.3, -0.25) is 19.4 Å². The van der Waals surface area contributed by atoms with Crippen LogP contribution in [0.25, 0.3) is 17.8 Å². The minimum absolute atomic E-state index is 0.0554. The van der Waals surface area contributed by atoms with E-state index in [2.05, 4.69) is 15.1 Å². The molecule has 38 heavy (non-hydrogen) atoms. The second kappa shape index (κ2) is 10.3. The average Bonchev–Trinajstić information content (AvgIpc) is 3.24. The van der Waals surface area contributed by atoms with Crippen molar-refractivity contribution in [2.24, 2.45) is 5.10 Å². The Morgan fingerprint density at radius 2 is 1.68 bits per heavy atom. The first-order valence-electron chi connectivity index (χ1n) is 12.5. The molecule has 194 valence electrons. The number of hydrogen-bond acceptors (Lipinski definition) is 6. The molecule has 1 amide bonds. The monoisotopic (exact) mass is 513 g/mol. The van der Waals surface area contributed by atoms with Crippen LogP contribution in [0.3, 0.4) is 0 Å². The van der Waals surface area contributed by atoms with Crippen LogP contribution in [0.15, 0.2) is 68.0 Å². The molecule has 1 fully saturated rings. The van der Waals surface area contributed by atoms with Gasteiger partial charge in [0.05, 0.1) is 17.3 Å². The van der Waals surface area contributed by atoms with E-state index in [1.165, 1.54) is 17.2 Å². The Morgan fingerprint density at radius 3 is 2.42 bits per heavy atom. The molecule has 1 aliphatic heterocycles. The number of amides is 1. The van der Waals surface area contributed by atoms with E-state index in [4.69, 9.17) is 0 Å². The van der Waals surface area contributed by atoms with E-state index < -0.39 is 17.1 Å². The maximum absolute atomic E-state index is 13.1. The molecular formula is C28H27N5O5. The summed E-state index contributed by atoms with van der Waals surface area (Å²) in [5.41, 5.74) is -0.288. The summed E-state index contributed by atoms with van der Waals surface area (Å²) in [6.07, 6.45) is 12.7. The number of aromatic hydroxyl groups is 1. The number of pyridine rings is 1. The van der Waals surface area contributed by atoms with Gasteiger partial charge in [-0.25, -0.2) is 14.4 Å². The Labute approximate surface area is 216 Å². The minimum Gasteiger partial charge on any atom is -0.494 e. The van der Waals surface area contributed by atoms with Crippen molar-refractivity contribution < 1.29 is 9.90 Å². The van der Waals surface area contributed by atoms with Crippen molar-refractivity contribution in [2.45, 2.75) is 45.1 Å². The molecule has 10 heteroatoms. The maximum Gasteiger partial charge on any atom is 0.335 e. The smallest absolute Gasteiger partial charge is 0.335 e. The van der Waals surface area contributed by atoms with Gasteiger partial charge in [0.1, 0.15) is 5.56 Å². The Kier molecular flexibility index (Phi) is 6.78. The summed E-state index contributed by atoms with van der Waals surface area (Å²) < 4.78 is 1.00. The van der Waals surface area contributed by atoms with Crippen LogP contribution in [0.5, 0.6) is 5.88 Å². The Morgan fingerprint density at radius 1 is 0.947 bits per heavy atom. The van der Waals surface area contributed by atoms with E-state index in [9.17, 15) is 24.3 Å². The van der Waals surface area contributed by atoms with Crippen molar-refractivity contribution in [3.8, 4) is 11.6 Å². The zero-order valence-corrected chi connectivity index (χ0v) is 20.8. The molecule has 10 nitrogen and oxygen atoms in total. The lowest BCUT2D eigenvalue weighted by molar-refractivity contribution is 0.0663. The molecule has 1 aromatic carbocycles. The van der Waals surface area contributed by atoms with E-state index in [1.54, 1.807) is 55.5 Å². The normalized spacial score (nSPS) is 16.5. The summed E-state index contributed by atoms with van der Waals surface area (Å²) in [5, 5.41) is 16.9. The Balaban J connectivity index is 1.42. The third kappa shape index (κ3) is 4.56. The fourth-order valence-corrected chi connectivity index (χ4v) is 4.97. The molecule has 3 heterocycles. The molecular weight excluding hydrogens is 486 g/mol. The standard InChI is InChI=1S/C28H27N5O5/c1-17-20(24(34)29-23-22(17)27(37)33(31-23)19-13-7-3-8-14-19)15-9-4-10-16-21-25(35)30-28(38)32(26(21)36)18-11-5-2-6-12-18/h2,4-6,9-12,15-16,19,36H,3,7-8,13-14H2,1H3,(H,29,31,34)(H,30,35,38)/b9-4?,16-10?,20-15+. The van der Waals surface area contributed by atoms with Gasteiger partial charge in [-0.15, -0.1) is 0 Å². The van der Waals surface area contributed by atoms with Crippen LogP contribution in [-0.4, -0.2) is 36.6 Å². The van der Waals surface area contributed by atoms with Gasteiger partial charge in [0, 0.05) is 5.22 Å². The lowest BCUT2D eigenvalue weighted by atomic mass is 9.95. The van der Waals surface area contributed by atoms with E-state index >= 15 is 0 Å². The van der Waals surface area contributed by atoms with Crippen LogP contribution in [0.1, 0.15) is 53.6 Å². The first-order valence-corrected chi connectivity index (χ1v) is 12.5. The predicted molar refractivity (Wildman–Crippen MR) is 143 cm³/mol. The number of hydrogen-bond donors (Lipinski definition) is 3. The molecule has 0 atom stereocenters. The number of nitrogens with zero attached hydrogens (tertiary/aromatic N) is 3. The van der Waals surface area contributed by atoms with Crippen LogP contribution in [0.4, 0.5) is 0 Å². The van der Waals surface area contributed by atoms with Crippen LogP contribution >= 0.6 is 0 Å². The van der Waals surface area contributed by atoms with E-state index in [0.717, 1.165) is 36.7 Å². The summed E-state index contributed by atoms with van der Waals surface area (Å²) in [6.45, 7) is 1.73. The lowest BCUT2D eigenvalue weighted by Crippen LogP contribution is -2.39. The molecule has 0 saturated heterocycles. The zero-order chi connectivity index (χ0) is 26.8. The number of benzene rings is 1. The predicted octanol–water partition coefficient (Wildman–Crippen LogP) is 1.60. The molecule has 2 aromatic heterocycles. The maximum atomic E-state index is 13.1. The largest absolute Gasteiger partial charge is 0.494 e. The van der Waals surface area contributed by atoms with Gasteiger partial charge in [-0.05, 0) is 49.6 Å². The highest BCUT2D eigenvalue weighted by Crippen LogP contribution is 2.25. The summed E-state index contributed by atoms with van der Waals surface area (Å²) in [7, 11) is 0. The number of H-pyrrole nitrogens is 2. The molecule has 0 unspecified atom stereocenters. The van der Waals surface area contributed by atoms with Gasteiger partial charge in [0.2, 0.25) is 5.88 Å². The van der Waals surface area contributed by atoms with E-state index in [-0.39, 0.29) is 23.1 Å². The summed E-state index contributed by atoms with van der Waals surface area (Å²) in [5.74, 6) is -0.684. The fourth-order valence-electron chi connectivity index (χ4n) is 4.97. The second-order valence-electron chi connectivity index (χ2n) is 9.34. The number of allylic oxidation sites excluding steroid dienone is 3. The first-order chi connectivity index (χ1) is 18.4. The highest BCUT2D eigenvalue weighted by atomic mass is 16.3. The zero-order valence-electron chi connectivity index (χ0n) is 20.8. The van der Waals surface area contributed by atoms with Gasteiger partial charge in [0.25, 0.3) is 17.0 Å². The minimum atomic E-state index is -0.755. The number of carbonyl (C=O) groups is 1. The van der Waals surface area contributed by atoms with E-state index in [1.807, 2.05) is 0 Å². The van der Waals surface area contributed by atoms with Crippen LogP contribution in [-0.2, 0) is 0 Å². The third-order valence-corrected chi connectivity index (χ3v) is 6.93. The molecule has 0 bridgehead atoms. The van der Waals surface area contributed by atoms with Gasteiger partial charge in [0.15, 0.2) is 5.49 Å². The SMILES string of the molecule is Cc1c2c([nH]c(=O)/c1=C/C=CC=Cc1c(O)n(-c3ccccc3)c(=O)[nH]c1=O)=NN(C1CCCCC1)C2=O. The molecule has 1 aliphatic carbocycles. The van der Waals surface area contributed by atoms with E-state index in [0.29, 0.717) is 27.5 Å². The molecule has 2 aliphatic rings. The number of carbonyl (C=O) groups excluding carboxylic acids is 1. The quantitative estimate of drug-likeness (QED) is 0.445. The summed E-state index contributed by atoms with van der Waals surface area (Å²) >= 11 is 0. The second-order valence-corrected chi connectivity index (χ2v) is 9.34. The highest BCUT2D eigenvalue weighted by Gasteiger charge is 2.33. The molecule has 0 spiro atoms. The molecule has 3 aromatic rings. The number of aromatic amines is 2. The summed E-state index contributed by atoms with van der Waals surface area (Å²) in [4.78, 5) is 55.3. The van der Waals surface area contributed by atoms with Crippen molar-refractivity contribution in [1.82, 2.24) is 19.5 Å². The number of fused-ring (bicyclic) bond motifs is 1. The third-order valence-electron chi connectivity index (χ3n) is 6.93. The van der Waals surface area contributed by atoms with Crippen LogP contribution < -0.4 is 27.5 Å². The van der Waals surface area contributed by atoms with Crippen LogP contribution in [0, 0.1) is 6.92 Å². The Bertz CT molecular complexity index is 1760. The van der Waals surface area contributed by atoms with Crippen molar-refractivity contribution in [2.75, 3.05) is 0 Å². The highest BCUT2D eigenvalue weighted by molar-refractivity contribution is 5.96. The van der Waals surface area contributed by atoms with Crippen molar-refractivity contribution in [3.63, 3.8) is 0 Å².